The molecule has 1 aliphatic rings. The van der Waals surface area contributed by atoms with Crippen LogP contribution in [0.5, 0.6) is 0 Å². The molecule has 0 bridgehead atoms. The van der Waals surface area contributed by atoms with Crippen molar-refractivity contribution in [3.05, 3.63) is 35.2 Å². The zero-order valence-corrected chi connectivity index (χ0v) is 13.8. The third-order valence-electron chi connectivity index (χ3n) is 4.27. The monoisotopic (exact) mass is 323 g/mol. The Balaban J connectivity index is 1.62. The summed E-state index contributed by atoms with van der Waals surface area (Å²) in [6.07, 6.45) is 5.02. The van der Waals surface area contributed by atoms with Crippen molar-refractivity contribution in [2.45, 2.75) is 43.5 Å². The van der Waals surface area contributed by atoms with Gasteiger partial charge in [0, 0.05) is 28.4 Å². The SMILES string of the molecule is CS(=O)(=O)[C@@H]1CCC[C@@H](NCc2cc3ccccc3s2)C1. The van der Waals surface area contributed by atoms with E-state index in [0.717, 1.165) is 32.2 Å². The average molecular weight is 323 g/mol. The third kappa shape index (κ3) is 3.65. The van der Waals surface area contributed by atoms with Gasteiger partial charge >= 0.3 is 0 Å². The molecule has 3 rings (SSSR count). The Hall–Kier alpha value is -0.910. The summed E-state index contributed by atoms with van der Waals surface area (Å²) in [6.45, 7) is 0.834. The van der Waals surface area contributed by atoms with Gasteiger partial charge in [-0.05, 0) is 36.8 Å². The zero-order chi connectivity index (χ0) is 14.9. The number of benzene rings is 1. The molecule has 2 aromatic rings. The number of hydrogen-bond acceptors (Lipinski definition) is 4. The van der Waals surface area contributed by atoms with Crippen molar-refractivity contribution in [2.75, 3.05) is 6.26 Å². The maximum atomic E-state index is 11.7. The number of hydrogen-bond donors (Lipinski definition) is 1. The molecule has 0 amide bonds. The molecule has 0 radical (unpaired) electrons. The molecule has 2 atom stereocenters. The maximum absolute atomic E-state index is 11.7. The molecule has 1 aliphatic carbocycles. The van der Waals surface area contributed by atoms with Gasteiger partial charge in [-0.25, -0.2) is 8.42 Å². The molecule has 1 aromatic carbocycles. The highest BCUT2D eigenvalue weighted by atomic mass is 32.2. The first kappa shape index (κ1) is 15.0. The van der Waals surface area contributed by atoms with Gasteiger partial charge in [-0.3, -0.25) is 0 Å². The van der Waals surface area contributed by atoms with Gasteiger partial charge in [0.15, 0.2) is 0 Å². The van der Waals surface area contributed by atoms with Crippen LogP contribution in [-0.2, 0) is 16.4 Å². The lowest BCUT2D eigenvalue weighted by Crippen LogP contribution is -2.38. The first-order valence-corrected chi connectivity index (χ1v) is 10.2. The van der Waals surface area contributed by atoms with E-state index in [9.17, 15) is 8.42 Å². The Morgan fingerprint density at radius 1 is 1.29 bits per heavy atom. The van der Waals surface area contributed by atoms with E-state index in [-0.39, 0.29) is 5.25 Å². The molecule has 5 heteroatoms. The molecule has 21 heavy (non-hydrogen) atoms. The molecule has 1 N–H and O–H groups in total. The molecule has 1 fully saturated rings. The minimum absolute atomic E-state index is 0.161. The second-order valence-corrected chi connectivity index (χ2v) is 9.44. The lowest BCUT2D eigenvalue weighted by molar-refractivity contribution is 0.372. The van der Waals surface area contributed by atoms with Crippen LogP contribution in [0, 0.1) is 0 Å². The number of thiophene rings is 1. The Kier molecular flexibility index (Phi) is 4.33. The number of sulfone groups is 1. The molecule has 0 spiro atoms. The van der Waals surface area contributed by atoms with Crippen LogP contribution in [0.4, 0.5) is 0 Å². The summed E-state index contributed by atoms with van der Waals surface area (Å²) in [7, 11) is -2.90. The van der Waals surface area contributed by atoms with Gasteiger partial charge in [0.2, 0.25) is 0 Å². The van der Waals surface area contributed by atoms with Crippen LogP contribution >= 0.6 is 11.3 Å². The van der Waals surface area contributed by atoms with E-state index in [2.05, 4.69) is 35.6 Å². The van der Waals surface area contributed by atoms with E-state index < -0.39 is 9.84 Å². The Labute approximate surface area is 130 Å². The van der Waals surface area contributed by atoms with Crippen LogP contribution in [0.1, 0.15) is 30.6 Å². The van der Waals surface area contributed by atoms with Gasteiger partial charge in [-0.1, -0.05) is 24.6 Å². The fraction of sp³-hybridized carbons (Fsp3) is 0.500. The van der Waals surface area contributed by atoms with Crippen molar-refractivity contribution in [1.29, 1.82) is 0 Å². The third-order valence-corrected chi connectivity index (χ3v) is 7.03. The minimum atomic E-state index is -2.90. The summed E-state index contributed by atoms with van der Waals surface area (Å²) in [5, 5.41) is 4.67. The predicted molar refractivity (Wildman–Crippen MR) is 89.6 cm³/mol. The fourth-order valence-corrected chi connectivity index (χ4v) is 5.28. The highest BCUT2D eigenvalue weighted by molar-refractivity contribution is 7.91. The van der Waals surface area contributed by atoms with Gasteiger partial charge in [-0.15, -0.1) is 11.3 Å². The highest BCUT2D eigenvalue weighted by Gasteiger charge is 2.28. The predicted octanol–water partition coefficient (Wildman–Crippen LogP) is 3.35. The molecule has 1 heterocycles. The van der Waals surface area contributed by atoms with Gasteiger partial charge in [0.05, 0.1) is 5.25 Å². The summed E-state index contributed by atoms with van der Waals surface area (Å²) < 4.78 is 24.7. The molecule has 1 aromatic heterocycles. The molecule has 0 unspecified atom stereocenters. The number of rotatable bonds is 4. The van der Waals surface area contributed by atoms with Crippen molar-refractivity contribution in [3.8, 4) is 0 Å². The Morgan fingerprint density at radius 2 is 2.10 bits per heavy atom. The van der Waals surface area contributed by atoms with Gasteiger partial charge in [0.1, 0.15) is 9.84 Å². The molecular weight excluding hydrogens is 302 g/mol. The second kappa shape index (κ2) is 6.07. The van der Waals surface area contributed by atoms with Gasteiger partial charge < -0.3 is 5.32 Å². The maximum Gasteiger partial charge on any atom is 0.150 e. The molecule has 114 valence electrons. The smallest absolute Gasteiger partial charge is 0.150 e. The topological polar surface area (TPSA) is 46.2 Å². The van der Waals surface area contributed by atoms with E-state index >= 15 is 0 Å². The van der Waals surface area contributed by atoms with E-state index in [1.165, 1.54) is 21.2 Å². The summed E-state index contributed by atoms with van der Waals surface area (Å²) in [5.74, 6) is 0. The highest BCUT2D eigenvalue weighted by Crippen LogP contribution is 2.27. The van der Waals surface area contributed by atoms with E-state index in [1.807, 2.05) is 11.3 Å². The van der Waals surface area contributed by atoms with Crippen LogP contribution in [0.25, 0.3) is 10.1 Å². The lowest BCUT2D eigenvalue weighted by atomic mass is 9.95. The van der Waals surface area contributed by atoms with E-state index in [1.54, 1.807) is 0 Å². The Morgan fingerprint density at radius 3 is 2.86 bits per heavy atom. The van der Waals surface area contributed by atoms with Crippen molar-refractivity contribution < 1.29 is 8.42 Å². The van der Waals surface area contributed by atoms with Crippen molar-refractivity contribution >= 4 is 31.3 Å². The molecule has 0 aliphatic heterocycles. The zero-order valence-electron chi connectivity index (χ0n) is 12.2. The largest absolute Gasteiger partial charge is 0.309 e. The Bertz CT molecular complexity index is 688. The lowest BCUT2D eigenvalue weighted by Gasteiger charge is -2.28. The van der Waals surface area contributed by atoms with Crippen LogP contribution in [0.15, 0.2) is 30.3 Å². The van der Waals surface area contributed by atoms with Gasteiger partial charge in [0.25, 0.3) is 0 Å². The normalized spacial score (nSPS) is 23.5. The first-order chi connectivity index (χ1) is 10.0. The summed E-state index contributed by atoms with van der Waals surface area (Å²) in [6, 6.07) is 10.9. The van der Waals surface area contributed by atoms with E-state index in [0.29, 0.717) is 6.04 Å². The second-order valence-electron chi connectivity index (χ2n) is 5.95. The average Bonchev–Trinajstić information content (AvgIpc) is 2.87. The van der Waals surface area contributed by atoms with Crippen LogP contribution in [0.3, 0.4) is 0 Å². The summed E-state index contributed by atoms with van der Waals surface area (Å²) in [4.78, 5) is 1.32. The quantitative estimate of drug-likeness (QED) is 0.938. The molecule has 1 saturated carbocycles. The van der Waals surface area contributed by atoms with Crippen molar-refractivity contribution in [2.24, 2.45) is 0 Å². The van der Waals surface area contributed by atoms with Crippen molar-refractivity contribution in [3.63, 3.8) is 0 Å². The minimum Gasteiger partial charge on any atom is -0.309 e. The van der Waals surface area contributed by atoms with Gasteiger partial charge in [-0.2, -0.15) is 0 Å². The number of fused-ring (bicyclic) bond motifs is 1. The standard InChI is InChI=1S/C16H21NO2S2/c1-21(18,19)15-7-4-6-13(10-15)17-11-14-9-12-5-2-3-8-16(12)20-14/h2-3,5,8-9,13,15,17H,4,6-7,10-11H2,1H3/t13-,15-/m1/s1. The van der Waals surface area contributed by atoms with Crippen LogP contribution < -0.4 is 5.32 Å². The molecular formula is C16H21NO2S2. The van der Waals surface area contributed by atoms with Crippen LogP contribution in [0.2, 0.25) is 0 Å². The molecule has 0 saturated heterocycles. The van der Waals surface area contributed by atoms with Crippen LogP contribution in [-0.4, -0.2) is 26.0 Å². The number of nitrogens with one attached hydrogen (secondary N) is 1. The fourth-order valence-electron chi connectivity index (χ4n) is 3.09. The van der Waals surface area contributed by atoms with Crippen molar-refractivity contribution in [1.82, 2.24) is 5.32 Å². The van der Waals surface area contributed by atoms with E-state index in [4.69, 9.17) is 0 Å². The first-order valence-electron chi connectivity index (χ1n) is 7.42. The molecule has 3 nitrogen and oxygen atoms in total. The summed E-state index contributed by atoms with van der Waals surface area (Å²) >= 11 is 1.81. The summed E-state index contributed by atoms with van der Waals surface area (Å²) in [5.41, 5.74) is 0.